The fourth-order valence-electron chi connectivity index (χ4n) is 0.870. The van der Waals surface area contributed by atoms with E-state index >= 15 is 0 Å². The number of ether oxygens (including phenoxy) is 1. The summed E-state index contributed by atoms with van der Waals surface area (Å²) < 4.78 is 9.33. The van der Waals surface area contributed by atoms with Gasteiger partial charge in [0.25, 0.3) is 0 Å². The topological polar surface area (TPSA) is 27.1 Å². The van der Waals surface area contributed by atoms with Crippen molar-refractivity contribution in [1.29, 1.82) is 0 Å². The second kappa shape index (κ2) is 5.31. The average molecular weight is 359 g/mol. The Labute approximate surface area is 100 Å². The smallest absolute Gasteiger partial charge is 0.137 e. The van der Waals surface area contributed by atoms with Crippen molar-refractivity contribution in [3.8, 4) is 0 Å². The summed E-state index contributed by atoms with van der Waals surface area (Å²) in [5, 5.41) is 4.28. The first-order valence-corrected chi connectivity index (χ1v) is 5.97. The zero-order valence-electron chi connectivity index (χ0n) is 7.63. The van der Waals surface area contributed by atoms with Crippen LogP contribution in [-0.2, 0) is 11.3 Å². The van der Waals surface area contributed by atoms with Gasteiger partial charge in [-0.05, 0) is 52.4 Å². The highest BCUT2D eigenvalue weighted by Gasteiger charge is 2.02. The zero-order valence-corrected chi connectivity index (χ0v) is 11.4. The van der Waals surface area contributed by atoms with Crippen LogP contribution in [0.4, 0.5) is 0 Å². The third kappa shape index (κ3) is 3.95. The average Bonchev–Trinajstić information content (AvgIpc) is 2.30. The molecule has 0 fully saturated rings. The van der Waals surface area contributed by atoms with Crippen LogP contribution in [0.2, 0.25) is 0 Å². The van der Waals surface area contributed by atoms with Crippen molar-refractivity contribution in [2.24, 2.45) is 0 Å². The minimum atomic E-state index is 0.290. The summed E-state index contributed by atoms with van der Waals surface area (Å²) in [5.41, 5.74) is 0. The molecule has 1 rings (SSSR count). The Morgan fingerprint density at radius 1 is 1.69 bits per heavy atom. The highest BCUT2D eigenvalue weighted by atomic mass is 127. The lowest BCUT2D eigenvalue weighted by Crippen LogP contribution is -2.10. The van der Waals surface area contributed by atoms with Crippen LogP contribution in [0.1, 0.15) is 13.8 Å². The van der Waals surface area contributed by atoms with E-state index in [0.717, 1.165) is 14.7 Å². The highest BCUT2D eigenvalue weighted by molar-refractivity contribution is 14.1. The van der Waals surface area contributed by atoms with Crippen molar-refractivity contribution in [2.75, 3.05) is 6.61 Å². The van der Waals surface area contributed by atoms with Crippen LogP contribution >= 0.6 is 38.5 Å². The molecule has 1 heterocycles. The van der Waals surface area contributed by atoms with Crippen molar-refractivity contribution in [3.05, 3.63) is 14.4 Å². The van der Waals surface area contributed by atoms with Crippen molar-refractivity contribution < 1.29 is 4.74 Å². The van der Waals surface area contributed by atoms with Crippen LogP contribution in [0.3, 0.4) is 0 Å². The predicted octanol–water partition coefficient (Wildman–Crippen LogP) is 2.68. The van der Waals surface area contributed by atoms with Crippen molar-refractivity contribution in [1.82, 2.24) is 9.78 Å². The van der Waals surface area contributed by atoms with Gasteiger partial charge in [0.1, 0.15) is 3.70 Å². The Bertz CT molecular complexity index is 256. The summed E-state index contributed by atoms with van der Waals surface area (Å²) in [6.45, 7) is 5.58. The minimum absolute atomic E-state index is 0.290. The van der Waals surface area contributed by atoms with E-state index in [-0.39, 0.29) is 6.10 Å². The van der Waals surface area contributed by atoms with Crippen LogP contribution in [-0.4, -0.2) is 22.5 Å². The first-order valence-electron chi connectivity index (χ1n) is 4.09. The summed E-state index contributed by atoms with van der Waals surface area (Å²) in [6, 6.07) is 0. The van der Waals surface area contributed by atoms with E-state index in [1.807, 2.05) is 24.7 Å². The van der Waals surface area contributed by atoms with Crippen LogP contribution in [0.5, 0.6) is 0 Å². The van der Waals surface area contributed by atoms with Gasteiger partial charge in [0.2, 0.25) is 0 Å². The fourth-order valence-corrected chi connectivity index (χ4v) is 1.60. The molecule has 0 aromatic carbocycles. The Balaban J connectivity index is 2.37. The lowest BCUT2D eigenvalue weighted by atomic mass is 10.5. The van der Waals surface area contributed by atoms with E-state index in [9.17, 15) is 0 Å². The summed E-state index contributed by atoms with van der Waals surface area (Å²) in [6.07, 6.45) is 2.25. The standard InChI is InChI=1S/C8H12BrIN2O/c1-6(2)13-4-3-12-5-7(9)8(10)11-12/h5-6H,3-4H2,1-2H3. The van der Waals surface area contributed by atoms with Crippen LogP contribution in [0, 0.1) is 3.70 Å². The third-order valence-corrected chi connectivity index (χ3v) is 3.57. The maximum Gasteiger partial charge on any atom is 0.137 e. The molecule has 0 spiro atoms. The quantitative estimate of drug-likeness (QED) is 0.774. The van der Waals surface area contributed by atoms with E-state index in [1.54, 1.807) is 0 Å². The molecular formula is C8H12BrIN2O. The normalized spacial score (nSPS) is 11.2. The maximum absolute atomic E-state index is 5.42. The van der Waals surface area contributed by atoms with Crippen molar-refractivity contribution >= 4 is 38.5 Å². The molecule has 74 valence electrons. The molecule has 0 aliphatic rings. The molecule has 0 radical (unpaired) electrons. The first-order chi connectivity index (χ1) is 6.09. The number of aromatic nitrogens is 2. The van der Waals surface area contributed by atoms with E-state index in [4.69, 9.17) is 4.74 Å². The van der Waals surface area contributed by atoms with E-state index in [2.05, 4.69) is 43.6 Å². The molecule has 13 heavy (non-hydrogen) atoms. The van der Waals surface area contributed by atoms with Crippen molar-refractivity contribution in [3.63, 3.8) is 0 Å². The molecule has 0 saturated carbocycles. The fraction of sp³-hybridized carbons (Fsp3) is 0.625. The Morgan fingerprint density at radius 3 is 2.85 bits per heavy atom. The van der Waals surface area contributed by atoms with Crippen molar-refractivity contribution in [2.45, 2.75) is 26.5 Å². The first kappa shape index (κ1) is 11.5. The van der Waals surface area contributed by atoms with E-state index < -0.39 is 0 Å². The van der Waals surface area contributed by atoms with Gasteiger partial charge in [-0.3, -0.25) is 4.68 Å². The molecule has 0 bridgehead atoms. The molecular weight excluding hydrogens is 347 g/mol. The molecule has 1 aromatic heterocycles. The van der Waals surface area contributed by atoms with E-state index in [1.165, 1.54) is 0 Å². The molecule has 0 aliphatic carbocycles. The van der Waals surface area contributed by atoms with Gasteiger partial charge in [-0.2, -0.15) is 5.10 Å². The second-order valence-corrected chi connectivity index (χ2v) is 4.83. The van der Waals surface area contributed by atoms with E-state index in [0.29, 0.717) is 6.61 Å². The lowest BCUT2D eigenvalue weighted by molar-refractivity contribution is 0.0709. The predicted molar refractivity (Wildman–Crippen MR) is 63.7 cm³/mol. The number of rotatable bonds is 4. The van der Waals surface area contributed by atoms with Gasteiger partial charge in [-0.25, -0.2) is 0 Å². The monoisotopic (exact) mass is 358 g/mol. The highest BCUT2D eigenvalue weighted by Crippen LogP contribution is 2.16. The largest absolute Gasteiger partial charge is 0.377 e. The molecule has 0 saturated heterocycles. The van der Waals surface area contributed by atoms with Gasteiger partial charge < -0.3 is 4.74 Å². The lowest BCUT2D eigenvalue weighted by Gasteiger charge is -2.06. The maximum atomic E-state index is 5.42. The zero-order chi connectivity index (χ0) is 9.84. The van der Waals surface area contributed by atoms with Gasteiger partial charge in [0.15, 0.2) is 0 Å². The summed E-state index contributed by atoms with van der Waals surface area (Å²) in [5.74, 6) is 0. The Hall–Kier alpha value is 0.380. The summed E-state index contributed by atoms with van der Waals surface area (Å²) >= 11 is 5.60. The van der Waals surface area contributed by atoms with Gasteiger partial charge >= 0.3 is 0 Å². The van der Waals surface area contributed by atoms with Gasteiger partial charge in [-0.15, -0.1) is 0 Å². The molecule has 0 amide bonds. The third-order valence-electron chi connectivity index (χ3n) is 1.45. The van der Waals surface area contributed by atoms with Crippen LogP contribution < -0.4 is 0 Å². The Kier molecular flexibility index (Phi) is 4.68. The van der Waals surface area contributed by atoms with Crippen LogP contribution in [0.25, 0.3) is 0 Å². The molecule has 0 aliphatic heterocycles. The van der Waals surface area contributed by atoms with Gasteiger partial charge in [0.05, 0.1) is 23.7 Å². The van der Waals surface area contributed by atoms with Gasteiger partial charge in [0, 0.05) is 6.20 Å². The second-order valence-electron chi connectivity index (χ2n) is 2.95. The minimum Gasteiger partial charge on any atom is -0.377 e. The number of hydrogen-bond donors (Lipinski definition) is 0. The number of nitrogens with zero attached hydrogens (tertiary/aromatic N) is 2. The van der Waals surface area contributed by atoms with Crippen LogP contribution in [0.15, 0.2) is 10.7 Å². The molecule has 5 heteroatoms. The molecule has 1 aromatic rings. The SMILES string of the molecule is CC(C)OCCn1cc(Br)c(I)n1. The summed E-state index contributed by atoms with van der Waals surface area (Å²) in [7, 11) is 0. The number of halogens is 2. The molecule has 0 atom stereocenters. The Morgan fingerprint density at radius 2 is 2.38 bits per heavy atom. The van der Waals surface area contributed by atoms with Gasteiger partial charge in [-0.1, -0.05) is 0 Å². The molecule has 0 N–H and O–H groups in total. The molecule has 3 nitrogen and oxygen atoms in total. The number of hydrogen-bond acceptors (Lipinski definition) is 2. The summed E-state index contributed by atoms with van der Waals surface area (Å²) in [4.78, 5) is 0. The molecule has 0 unspecified atom stereocenters.